The van der Waals surface area contributed by atoms with E-state index in [2.05, 4.69) is 5.32 Å². The van der Waals surface area contributed by atoms with Crippen LogP contribution in [0.5, 0.6) is 5.75 Å². The first kappa shape index (κ1) is 15.9. The van der Waals surface area contributed by atoms with Crippen molar-refractivity contribution in [1.29, 1.82) is 0 Å². The first-order valence-corrected chi connectivity index (χ1v) is 6.87. The van der Waals surface area contributed by atoms with Crippen LogP contribution in [0.3, 0.4) is 0 Å². The summed E-state index contributed by atoms with van der Waals surface area (Å²) >= 11 is 0. The normalized spacial score (nSPS) is 14.5. The molecule has 0 radical (unpaired) electrons. The zero-order valence-electron chi connectivity index (χ0n) is 12.2. The highest BCUT2D eigenvalue weighted by molar-refractivity contribution is 6.07. The van der Waals surface area contributed by atoms with Gasteiger partial charge in [0, 0.05) is 37.8 Å². The van der Waals surface area contributed by atoms with E-state index in [1.54, 1.807) is 4.90 Å². The van der Waals surface area contributed by atoms with Crippen LogP contribution in [0.1, 0.15) is 16.8 Å². The van der Waals surface area contributed by atoms with Gasteiger partial charge in [0.2, 0.25) is 5.91 Å². The largest absolute Gasteiger partial charge is 0.490 e. The van der Waals surface area contributed by atoms with E-state index < -0.39 is 4.92 Å². The van der Waals surface area contributed by atoms with Crippen LogP contribution in [0.25, 0.3) is 0 Å². The number of ketones is 1. The number of Topliss-reactive ketones (excluding diaryl/α,β-unsaturated/α-hetero) is 1. The van der Waals surface area contributed by atoms with E-state index in [0.717, 1.165) is 0 Å². The van der Waals surface area contributed by atoms with Crippen LogP contribution in [0.4, 0.5) is 5.69 Å². The van der Waals surface area contributed by atoms with Crippen LogP contribution in [-0.4, -0.2) is 54.8 Å². The quantitative estimate of drug-likeness (QED) is 0.370. The molecule has 1 aliphatic heterocycles. The number of ether oxygens (including phenoxy) is 1. The van der Waals surface area contributed by atoms with Gasteiger partial charge < -0.3 is 15.0 Å². The number of hydrogen-bond acceptors (Lipinski definition) is 6. The van der Waals surface area contributed by atoms with Gasteiger partial charge in [0.05, 0.1) is 18.5 Å². The second kappa shape index (κ2) is 6.99. The molecule has 8 nitrogen and oxygen atoms in total. The molecule has 0 atom stereocenters. The Hall–Kier alpha value is -2.48. The molecule has 8 heteroatoms. The highest BCUT2D eigenvalue weighted by Crippen LogP contribution is 2.28. The fourth-order valence-corrected chi connectivity index (χ4v) is 2.27. The average molecular weight is 307 g/mol. The Balaban J connectivity index is 2.09. The Morgan fingerprint density at radius 3 is 2.64 bits per heavy atom. The third-order valence-electron chi connectivity index (χ3n) is 3.48. The van der Waals surface area contributed by atoms with Crippen LogP contribution < -0.4 is 10.1 Å². The third-order valence-corrected chi connectivity index (χ3v) is 3.48. The maximum atomic E-state index is 12.2. The van der Waals surface area contributed by atoms with E-state index in [-0.39, 0.29) is 35.1 Å². The lowest BCUT2D eigenvalue weighted by Crippen LogP contribution is -2.46. The first-order chi connectivity index (χ1) is 10.5. The summed E-state index contributed by atoms with van der Waals surface area (Å²) in [6, 6.07) is 3.85. The molecule has 0 aliphatic carbocycles. The Morgan fingerprint density at radius 1 is 1.36 bits per heavy atom. The number of nitrogens with one attached hydrogen (secondary N) is 1. The second-order valence-corrected chi connectivity index (χ2v) is 4.87. The third kappa shape index (κ3) is 3.59. The van der Waals surface area contributed by atoms with E-state index in [1.807, 2.05) is 0 Å². The molecule has 0 spiro atoms. The zero-order chi connectivity index (χ0) is 16.1. The minimum atomic E-state index is -0.584. The van der Waals surface area contributed by atoms with Crippen molar-refractivity contribution < 1.29 is 19.2 Å². The summed E-state index contributed by atoms with van der Waals surface area (Å²) in [7, 11) is 1.29. The summed E-state index contributed by atoms with van der Waals surface area (Å²) in [5, 5.41) is 13.9. The van der Waals surface area contributed by atoms with Crippen LogP contribution >= 0.6 is 0 Å². The zero-order valence-corrected chi connectivity index (χ0v) is 12.2. The molecule has 1 N–H and O–H groups in total. The molecule has 1 heterocycles. The minimum absolute atomic E-state index is 0.00507. The molecule has 0 unspecified atom stereocenters. The number of methoxy groups -OCH3 is 1. The van der Waals surface area contributed by atoms with Crippen molar-refractivity contribution in [2.75, 3.05) is 33.3 Å². The number of nitro groups is 1. The van der Waals surface area contributed by atoms with Gasteiger partial charge in [-0.15, -0.1) is 0 Å². The van der Waals surface area contributed by atoms with Crippen LogP contribution in [0.2, 0.25) is 0 Å². The van der Waals surface area contributed by atoms with Crippen LogP contribution in [-0.2, 0) is 4.79 Å². The van der Waals surface area contributed by atoms with Crippen molar-refractivity contribution >= 4 is 17.4 Å². The molecule has 0 saturated carbocycles. The molecule has 1 aromatic carbocycles. The Labute approximate surface area is 127 Å². The monoisotopic (exact) mass is 307 g/mol. The SMILES string of the molecule is COc1cc(C(=O)CC(=O)N2CCNCC2)ccc1[N+](=O)[O-]. The molecule has 1 aromatic rings. The van der Waals surface area contributed by atoms with Gasteiger partial charge in [-0.3, -0.25) is 19.7 Å². The Bertz CT molecular complexity index is 596. The number of hydrogen-bond donors (Lipinski definition) is 1. The summed E-state index contributed by atoms with van der Waals surface area (Å²) in [6.07, 6.45) is -0.249. The predicted molar refractivity (Wildman–Crippen MR) is 78.0 cm³/mol. The number of nitro benzene ring substituents is 1. The van der Waals surface area contributed by atoms with Crippen molar-refractivity contribution in [3.63, 3.8) is 0 Å². The summed E-state index contributed by atoms with van der Waals surface area (Å²) in [5.41, 5.74) is 0.0124. The van der Waals surface area contributed by atoms with E-state index in [4.69, 9.17) is 4.74 Å². The molecule has 1 amide bonds. The maximum absolute atomic E-state index is 12.2. The lowest BCUT2D eigenvalue weighted by atomic mass is 10.1. The van der Waals surface area contributed by atoms with Crippen LogP contribution in [0, 0.1) is 10.1 Å². The summed E-state index contributed by atoms with van der Waals surface area (Å²) in [6.45, 7) is 2.59. The van der Waals surface area contributed by atoms with E-state index in [0.29, 0.717) is 26.2 Å². The number of benzene rings is 1. The molecule has 0 aromatic heterocycles. The van der Waals surface area contributed by atoms with Gasteiger partial charge in [0.25, 0.3) is 0 Å². The fourth-order valence-electron chi connectivity index (χ4n) is 2.27. The summed E-state index contributed by atoms with van der Waals surface area (Å²) in [4.78, 5) is 36.1. The van der Waals surface area contributed by atoms with Crippen molar-refractivity contribution in [3.8, 4) is 5.75 Å². The van der Waals surface area contributed by atoms with Gasteiger partial charge >= 0.3 is 5.69 Å². The van der Waals surface area contributed by atoms with Gasteiger partial charge in [-0.25, -0.2) is 0 Å². The number of carbonyl (C=O) groups is 2. The molecular formula is C14H17N3O5. The lowest BCUT2D eigenvalue weighted by Gasteiger charge is -2.27. The summed E-state index contributed by atoms with van der Waals surface area (Å²) < 4.78 is 4.92. The standard InChI is InChI=1S/C14H17N3O5/c1-22-13-8-10(2-3-11(13)17(20)21)12(18)9-14(19)16-6-4-15-5-7-16/h2-3,8,15H,4-7,9H2,1H3. The number of rotatable bonds is 5. The second-order valence-electron chi connectivity index (χ2n) is 4.87. The highest BCUT2D eigenvalue weighted by Gasteiger charge is 2.22. The van der Waals surface area contributed by atoms with Gasteiger partial charge in [-0.2, -0.15) is 0 Å². The minimum Gasteiger partial charge on any atom is -0.490 e. The van der Waals surface area contributed by atoms with Gasteiger partial charge in [0.15, 0.2) is 11.5 Å². The smallest absolute Gasteiger partial charge is 0.310 e. The van der Waals surface area contributed by atoms with Crippen molar-refractivity contribution in [3.05, 3.63) is 33.9 Å². The van der Waals surface area contributed by atoms with Gasteiger partial charge in [-0.1, -0.05) is 0 Å². The van der Waals surface area contributed by atoms with Crippen molar-refractivity contribution in [1.82, 2.24) is 10.2 Å². The van der Waals surface area contributed by atoms with Gasteiger partial charge in [-0.05, 0) is 12.1 Å². The molecule has 118 valence electrons. The Morgan fingerprint density at radius 2 is 2.05 bits per heavy atom. The average Bonchev–Trinajstić information content (AvgIpc) is 2.54. The fraction of sp³-hybridized carbons (Fsp3) is 0.429. The molecule has 1 saturated heterocycles. The number of carbonyl (C=O) groups excluding carboxylic acids is 2. The lowest BCUT2D eigenvalue weighted by molar-refractivity contribution is -0.385. The van der Waals surface area contributed by atoms with Gasteiger partial charge in [0.1, 0.15) is 0 Å². The summed E-state index contributed by atoms with van der Waals surface area (Å²) in [5.74, 6) is -0.606. The molecule has 22 heavy (non-hydrogen) atoms. The molecule has 2 rings (SSSR count). The molecule has 0 bridgehead atoms. The van der Waals surface area contributed by atoms with E-state index in [1.165, 1.54) is 25.3 Å². The number of amides is 1. The molecule has 1 aliphatic rings. The number of piperazine rings is 1. The number of nitrogens with zero attached hydrogens (tertiary/aromatic N) is 2. The highest BCUT2D eigenvalue weighted by atomic mass is 16.6. The molecule has 1 fully saturated rings. The van der Waals surface area contributed by atoms with Crippen LogP contribution in [0.15, 0.2) is 18.2 Å². The van der Waals surface area contributed by atoms with E-state index in [9.17, 15) is 19.7 Å². The van der Waals surface area contributed by atoms with Crippen molar-refractivity contribution in [2.45, 2.75) is 6.42 Å². The maximum Gasteiger partial charge on any atom is 0.310 e. The van der Waals surface area contributed by atoms with Crippen molar-refractivity contribution in [2.24, 2.45) is 0 Å². The Kier molecular flexibility index (Phi) is 5.05. The molecular weight excluding hydrogens is 290 g/mol. The predicted octanol–water partition coefficient (Wildman–Crippen LogP) is 0.608. The first-order valence-electron chi connectivity index (χ1n) is 6.87. The van der Waals surface area contributed by atoms with E-state index >= 15 is 0 Å². The topological polar surface area (TPSA) is 102 Å².